The van der Waals surface area contributed by atoms with E-state index >= 15 is 0 Å². The van der Waals surface area contributed by atoms with Gasteiger partial charge in [0.05, 0.1) is 12.6 Å². The Balaban J connectivity index is 2.56. The Bertz CT molecular complexity index is 406. The van der Waals surface area contributed by atoms with Crippen LogP contribution in [0.4, 0.5) is 4.79 Å². The second-order valence-electron chi connectivity index (χ2n) is 5.81. The molecule has 0 radical (unpaired) electrons. The maximum absolute atomic E-state index is 10.5. The fourth-order valence-corrected chi connectivity index (χ4v) is 1.90. The summed E-state index contributed by atoms with van der Waals surface area (Å²) in [5.74, 6) is 0. The maximum Gasteiger partial charge on any atom is 0.404 e. The van der Waals surface area contributed by atoms with Crippen molar-refractivity contribution in [1.82, 2.24) is 5.32 Å². The number of nitrogens with one attached hydrogen (secondary N) is 1. The van der Waals surface area contributed by atoms with E-state index in [0.29, 0.717) is 6.42 Å². The van der Waals surface area contributed by atoms with E-state index in [-0.39, 0.29) is 12.0 Å². The van der Waals surface area contributed by atoms with Gasteiger partial charge >= 0.3 is 6.09 Å². The van der Waals surface area contributed by atoms with Crippen LogP contribution in [0.5, 0.6) is 0 Å². The third kappa shape index (κ3) is 5.30. The average molecular weight is 265 g/mol. The zero-order valence-electron chi connectivity index (χ0n) is 11.8. The van der Waals surface area contributed by atoms with Gasteiger partial charge in [0, 0.05) is 0 Å². The van der Waals surface area contributed by atoms with Crippen LogP contribution in [-0.4, -0.2) is 29.0 Å². The lowest BCUT2D eigenvalue weighted by molar-refractivity contribution is 0.175. The SMILES string of the molecule is CC(C)(C)c1ccc(CCC(CO)NC(=O)O)cc1. The maximum atomic E-state index is 10.5. The summed E-state index contributed by atoms with van der Waals surface area (Å²) in [6.45, 7) is 6.33. The molecule has 0 saturated heterocycles. The van der Waals surface area contributed by atoms with Gasteiger partial charge in [0.1, 0.15) is 0 Å². The lowest BCUT2D eigenvalue weighted by Gasteiger charge is -2.19. The molecule has 106 valence electrons. The molecule has 4 heteroatoms. The average Bonchev–Trinajstić information content (AvgIpc) is 2.33. The van der Waals surface area contributed by atoms with Crippen molar-refractivity contribution in [3.05, 3.63) is 35.4 Å². The molecule has 1 unspecified atom stereocenters. The van der Waals surface area contributed by atoms with Gasteiger partial charge < -0.3 is 15.5 Å². The predicted molar refractivity (Wildman–Crippen MR) is 75.5 cm³/mol. The van der Waals surface area contributed by atoms with E-state index in [4.69, 9.17) is 10.2 Å². The van der Waals surface area contributed by atoms with Gasteiger partial charge in [0.25, 0.3) is 0 Å². The van der Waals surface area contributed by atoms with Crippen LogP contribution < -0.4 is 5.32 Å². The van der Waals surface area contributed by atoms with E-state index in [1.54, 1.807) is 0 Å². The minimum absolute atomic E-state index is 0.136. The summed E-state index contributed by atoms with van der Waals surface area (Å²) in [5, 5.41) is 20.0. The van der Waals surface area contributed by atoms with Crippen LogP contribution in [0.1, 0.15) is 38.3 Å². The van der Waals surface area contributed by atoms with Crippen LogP contribution in [0.3, 0.4) is 0 Å². The van der Waals surface area contributed by atoms with Gasteiger partial charge in [0.2, 0.25) is 0 Å². The molecule has 0 bridgehead atoms. The van der Waals surface area contributed by atoms with Crippen molar-refractivity contribution < 1.29 is 15.0 Å². The molecular formula is C15H23NO3. The van der Waals surface area contributed by atoms with Crippen molar-refractivity contribution in [2.24, 2.45) is 0 Å². The Hall–Kier alpha value is -1.55. The number of aryl methyl sites for hydroxylation is 1. The zero-order chi connectivity index (χ0) is 14.5. The number of hydrogen-bond acceptors (Lipinski definition) is 2. The van der Waals surface area contributed by atoms with Crippen LogP contribution in [0.25, 0.3) is 0 Å². The number of amides is 1. The molecule has 0 saturated carbocycles. The summed E-state index contributed by atoms with van der Waals surface area (Å²) in [4.78, 5) is 10.5. The molecule has 0 aliphatic heterocycles. The molecule has 1 aromatic carbocycles. The Kier molecular flexibility index (Phi) is 5.36. The standard InChI is InChI=1S/C15H23NO3/c1-15(2,3)12-7-4-11(5-8-12)6-9-13(10-17)16-14(18)19/h4-5,7-8,13,16-17H,6,9-10H2,1-3H3,(H,18,19). The third-order valence-corrected chi connectivity index (χ3v) is 3.15. The second kappa shape index (κ2) is 6.57. The van der Waals surface area contributed by atoms with Crippen molar-refractivity contribution in [3.8, 4) is 0 Å². The number of aliphatic hydroxyl groups is 1. The Morgan fingerprint density at radius 3 is 2.26 bits per heavy atom. The van der Waals surface area contributed by atoms with E-state index in [2.05, 4.69) is 50.4 Å². The van der Waals surface area contributed by atoms with Crippen molar-refractivity contribution >= 4 is 6.09 Å². The van der Waals surface area contributed by atoms with E-state index in [9.17, 15) is 4.79 Å². The van der Waals surface area contributed by atoms with Crippen LogP contribution >= 0.6 is 0 Å². The fraction of sp³-hybridized carbons (Fsp3) is 0.533. The highest BCUT2D eigenvalue weighted by Crippen LogP contribution is 2.22. The van der Waals surface area contributed by atoms with Crippen LogP contribution in [-0.2, 0) is 11.8 Å². The monoisotopic (exact) mass is 265 g/mol. The molecule has 1 rings (SSSR count). The lowest BCUT2D eigenvalue weighted by atomic mass is 9.86. The molecule has 0 aliphatic carbocycles. The van der Waals surface area contributed by atoms with Crippen molar-refractivity contribution in [1.29, 1.82) is 0 Å². The number of hydrogen-bond donors (Lipinski definition) is 3. The Morgan fingerprint density at radius 2 is 1.84 bits per heavy atom. The minimum Gasteiger partial charge on any atom is -0.465 e. The summed E-state index contributed by atoms with van der Waals surface area (Å²) < 4.78 is 0. The first-order chi connectivity index (χ1) is 8.82. The largest absolute Gasteiger partial charge is 0.465 e. The molecule has 1 aromatic rings. The topological polar surface area (TPSA) is 69.6 Å². The predicted octanol–water partition coefficient (Wildman–Crippen LogP) is 2.55. The molecule has 0 aromatic heterocycles. The van der Waals surface area contributed by atoms with Gasteiger partial charge in [-0.15, -0.1) is 0 Å². The second-order valence-corrected chi connectivity index (χ2v) is 5.81. The van der Waals surface area contributed by atoms with E-state index in [0.717, 1.165) is 12.0 Å². The first-order valence-corrected chi connectivity index (χ1v) is 6.52. The smallest absolute Gasteiger partial charge is 0.404 e. The Labute approximate surface area is 114 Å². The highest BCUT2D eigenvalue weighted by molar-refractivity contribution is 5.64. The molecule has 0 spiro atoms. The number of rotatable bonds is 5. The summed E-state index contributed by atoms with van der Waals surface area (Å²) in [6.07, 6.45) is 0.246. The van der Waals surface area contributed by atoms with E-state index < -0.39 is 12.1 Å². The van der Waals surface area contributed by atoms with Gasteiger partial charge in [-0.25, -0.2) is 4.79 Å². The van der Waals surface area contributed by atoms with E-state index in [1.165, 1.54) is 5.56 Å². The molecule has 4 nitrogen and oxygen atoms in total. The van der Waals surface area contributed by atoms with Crippen molar-refractivity contribution in [3.63, 3.8) is 0 Å². The minimum atomic E-state index is -1.10. The molecule has 1 atom stereocenters. The third-order valence-electron chi connectivity index (χ3n) is 3.15. The number of aliphatic hydroxyl groups excluding tert-OH is 1. The van der Waals surface area contributed by atoms with Gasteiger partial charge in [-0.2, -0.15) is 0 Å². The van der Waals surface area contributed by atoms with Crippen molar-refractivity contribution in [2.75, 3.05) is 6.61 Å². The van der Waals surface area contributed by atoms with E-state index in [1.807, 2.05) is 0 Å². The van der Waals surface area contributed by atoms with Crippen LogP contribution in [0, 0.1) is 0 Å². The molecule has 1 amide bonds. The summed E-state index contributed by atoms with van der Waals surface area (Å²) >= 11 is 0. The lowest BCUT2D eigenvalue weighted by Crippen LogP contribution is -2.36. The number of carboxylic acid groups (broad SMARTS) is 1. The Morgan fingerprint density at radius 1 is 1.26 bits per heavy atom. The first kappa shape index (κ1) is 15.5. The quantitative estimate of drug-likeness (QED) is 0.766. The molecule has 0 heterocycles. The molecule has 0 fully saturated rings. The van der Waals surface area contributed by atoms with Crippen LogP contribution in [0.2, 0.25) is 0 Å². The van der Waals surface area contributed by atoms with Crippen molar-refractivity contribution in [2.45, 2.75) is 45.1 Å². The van der Waals surface area contributed by atoms with Crippen LogP contribution in [0.15, 0.2) is 24.3 Å². The highest BCUT2D eigenvalue weighted by Gasteiger charge is 2.13. The fourth-order valence-electron chi connectivity index (χ4n) is 1.90. The van der Waals surface area contributed by atoms with Gasteiger partial charge in [-0.1, -0.05) is 45.0 Å². The molecule has 3 N–H and O–H groups in total. The van der Waals surface area contributed by atoms with Gasteiger partial charge in [-0.05, 0) is 29.4 Å². The zero-order valence-corrected chi connectivity index (χ0v) is 11.8. The van der Waals surface area contributed by atoms with Gasteiger partial charge in [-0.3, -0.25) is 0 Å². The number of benzene rings is 1. The normalized spacial score (nSPS) is 13.1. The first-order valence-electron chi connectivity index (χ1n) is 6.52. The number of carbonyl (C=O) groups is 1. The summed E-state index contributed by atoms with van der Waals surface area (Å²) in [7, 11) is 0. The highest BCUT2D eigenvalue weighted by atomic mass is 16.4. The molecule has 0 aliphatic rings. The summed E-state index contributed by atoms with van der Waals surface area (Å²) in [5.41, 5.74) is 2.56. The molecule has 19 heavy (non-hydrogen) atoms. The summed E-state index contributed by atoms with van der Waals surface area (Å²) in [6, 6.07) is 7.94. The molecular weight excluding hydrogens is 242 g/mol. The van der Waals surface area contributed by atoms with Gasteiger partial charge in [0.15, 0.2) is 0 Å².